The Hall–Kier alpha value is -3.05. The summed E-state index contributed by atoms with van der Waals surface area (Å²) in [6.07, 6.45) is 0. The minimum absolute atomic E-state index is 0.0864. The lowest BCUT2D eigenvalue weighted by Crippen LogP contribution is -2.36. The van der Waals surface area contributed by atoms with Crippen molar-refractivity contribution < 1.29 is 14.6 Å². The monoisotopic (exact) mass is 627 g/mol. The van der Waals surface area contributed by atoms with Crippen LogP contribution in [-0.4, -0.2) is 57.8 Å². The molecular weight excluding hydrogens is 602 g/mol. The number of morpholine rings is 1. The second-order valence-corrected chi connectivity index (χ2v) is 11.5. The normalized spacial score (nSPS) is 13.5. The third-order valence-electron chi connectivity index (χ3n) is 6.34. The highest BCUT2D eigenvalue weighted by Crippen LogP contribution is 2.36. The zero-order chi connectivity index (χ0) is 27.5. The highest BCUT2D eigenvalue weighted by molar-refractivity contribution is 9.10. The molecular formula is C28H27BrClN5O3S. The largest absolute Gasteiger partial charge is 0.507 e. The quantitative estimate of drug-likeness (QED) is 0.234. The Morgan fingerprint density at radius 2 is 1.85 bits per heavy atom. The molecule has 4 aromatic rings. The number of aromatic nitrogens is 3. The van der Waals surface area contributed by atoms with Crippen molar-refractivity contribution >= 4 is 56.6 Å². The molecule has 0 radical (unpaired) electrons. The lowest BCUT2D eigenvalue weighted by Gasteiger charge is -2.29. The smallest absolute Gasteiger partial charge is 0.234 e. The van der Waals surface area contributed by atoms with Gasteiger partial charge < -0.3 is 20.1 Å². The number of hydrogen-bond donors (Lipinski definition) is 2. The van der Waals surface area contributed by atoms with Gasteiger partial charge >= 0.3 is 0 Å². The van der Waals surface area contributed by atoms with Gasteiger partial charge in [-0.05, 0) is 61.9 Å². The Labute approximate surface area is 244 Å². The number of ether oxygens (including phenoxy) is 1. The SMILES string of the molecule is Cc1ccc(-n2c(SCC(=O)Nc3ccc(N4CCOCC4)c(Cl)c3)nnc2-c2cc(Br)ccc2O)c(C)c1. The fourth-order valence-corrected chi connectivity index (χ4v) is 5.88. The van der Waals surface area contributed by atoms with E-state index in [0.29, 0.717) is 40.5 Å². The van der Waals surface area contributed by atoms with Gasteiger partial charge in [0.25, 0.3) is 0 Å². The van der Waals surface area contributed by atoms with Gasteiger partial charge in [0.05, 0.1) is 40.9 Å². The number of phenolic OH excluding ortho intramolecular Hbond substituents is 1. The van der Waals surface area contributed by atoms with Crippen LogP contribution in [0.25, 0.3) is 17.1 Å². The average Bonchev–Trinajstić information content (AvgIpc) is 3.33. The molecule has 1 aliphatic heterocycles. The van der Waals surface area contributed by atoms with Crippen molar-refractivity contribution in [2.24, 2.45) is 0 Å². The molecule has 2 heterocycles. The predicted molar refractivity (Wildman–Crippen MR) is 159 cm³/mol. The van der Waals surface area contributed by atoms with Gasteiger partial charge in [-0.25, -0.2) is 0 Å². The highest BCUT2D eigenvalue weighted by atomic mass is 79.9. The number of aromatic hydroxyl groups is 1. The number of nitrogens with one attached hydrogen (secondary N) is 1. The minimum atomic E-state index is -0.197. The summed E-state index contributed by atoms with van der Waals surface area (Å²) in [5.74, 6) is 0.478. The van der Waals surface area contributed by atoms with Gasteiger partial charge in [-0.15, -0.1) is 10.2 Å². The van der Waals surface area contributed by atoms with Crippen molar-refractivity contribution in [1.29, 1.82) is 0 Å². The van der Waals surface area contributed by atoms with Crippen LogP contribution in [0.15, 0.2) is 64.2 Å². The number of carbonyl (C=O) groups excluding carboxylic acids is 1. The van der Waals surface area contributed by atoms with E-state index in [1.54, 1.807) is 24.3 Å². The fourth-order valence-electron chi connectivity index (χ4n) is 4.47. The van der Waals surface area contributed by atoms with Crippen LogP contribution < -0.4 is 10.2 Å². The van der Waals surface area contributed by atoms with Gasteiger partial charge in [0, 0.05) is 23.2 Å². The first kappa shape index (κ1) is 27.5. The van der Waals surface area contributed by atoms with Gasteiger partial charge in [-0.3, -0.25) is 9.36 Å². The second kappa shape index (κ2) is 12.0. The summed E-state index contributed by atoms with van der Waals surface area (Å²) >= 11 is 11.3. The summed E-state index contributed by atoms with van der Waals surface area (Å²) in [7, 11) is 0. The zero-order valence-electron chi connectivity index (χ0n) is 21.4. The summed E-state index contributed by atoms with van der Waals surface area (Å²) in [6, 6.07) is 16.8. The maximum absolute atomic E-state index is 12.9. The number of rotatable bonds is 7. The minimum Gasteiger partial charge on any atom is -0.507 e. The molecule has 1 saturated heterocycles. The van der Waals surface area contributed by atoms with Crippen LogP contribution in [-0.2, 0) is 9.53 Å². The Balaban J connectivity index is 1.37. The number of carbonyl (C=O) groups is 1. The van der Waals surface area contributed by atoms with Gasteiger partial charge in [0.15, 0.2) is 11.0 Å². The van der Waals surface area contributed by atoms with Crippen LogP contribution in [0.1, 0.15) is 11.1 Å². The van der Waals surface area contributed by atoms with E-state index in [9.17, 15) is 9.90 Å². The molecule has 0 saturated carbocycles. The number of hydrogen-bond acceptors (Lipinski definition) is 7. The second-order valence-electron chi connectivity index (χ2n) is 9.20. The molecule has 0 bridgehead atoms. The standard InChI is InChI=1S/C28H27BrClN5O3S/c1-17-3-6-23(18(2)13-17)35-27(21-14-19(29)4-8-25(21)36)32-33-28(35)39-16-26(37)31-20-5-7-24(22(30)15-20)34-9-11-38-12-10-34/h3-8,13-15,36H,9-12,16H2,1-2H3,(H,31,37). The van der Waals surface area contributed by atoms with Crippen LogP contribution in [0.4, 0.5) is 11.4 Å². The molecule has 1 fully saturated rings. The summed E-state index contributed by atoms with van der Waals surface area (Å²) < 4.78 is 8.10. The van der Waals surface area contributed by atoms with Crippen molar-refractivity contribution in [2.75, 3.05) is 42.3 Å². The van der Waals surface area contributed by atoms with E-state index in [4.69, 9.17) is 16.3 Å². The number of halogens is 2. The lowest BCUT2D eigenvalue weighted by atomic mass is 10.1. The predicted octanol–water partition coefficient (Wildman–Crippen LogP) is 6.24. The fraction of sp³-hybridized carbons (Fsp3) is 0.250. The average molecular weight is 629 g/mol. The molecule has 2 N–H and O–H groups in total. The van der Waals surface area contributed by atoms with Gasteiger partial charge in [-0.1, -0.05) is 57.0 Å². The number of phenols is 1. The molecule has 0 aliphatic carbocycles. The van der Waals surface area contributed by atoms with E-state index >= 15 is 0 Å². The van der Waals surface area contributed by atoms with Crippen LogP contribution in [0.5, 0.6) is 5.75 Å². The van der Waals surface area contributed by atoms with E-state index in [2.05, 4.69) is 42.4 Å². The first-order valence-corrected chi connectivity index (χ1v) is 14.5. The Morgan fingerprint density at radius 1 is 1.08 bits per heavy atom. The molecule has 0 atom stereocenters. The molecule has 3 aromatic carbocycles. The topological polar surface area (TPSA) is 92.5 Å². The number of benzene rings is 3. The van der Waals surface area contributed by atoms with E-state index in [1.165, 1.54) is 11.8 Å². The Bertz CT molecular complexity index is 1520. The van der Waals surface area contributed by atoms with E-state index in [-0.39, 0.29) is 17.4 Å². The van der Waals surface area contributed by atoms with E-state index in [0.717, 1.165) is 40.1 Å². The van der Waals surface area contributed by atoms with E-state index in [1.807, 2.05) is 42.7 Å². The van der Waals surface area contributed by atoms with Gasteiger partial charge in [-0.2, -0.15) is 0 Å². The van der Waals surface area contributed by atoms with Crippen LogP contribution in [0.2, 0.25) is 5.02 Å². The van der Waals surface area contributed by atoms with E-state index < -0.39 is 0 Å². The van der Waals surface area contributed by atoms with Crippen molar-refractivity contribution in [2.45, 2.75) is 19.0 Å². The van der Waals surface area contributed by atoms with Crippen LogP contribution >= 0.6 is 39.3 Å². The maximum Gasteiger partial charge on any atom is 0.234 e. The molecule has 5 rings (SSSR count). The summed E-state index contributed by atoms with van der Waals surface area (Å²) in [5.41, 5.74) is 5.10. The summed E-state index contributed by atoms with van der Waals surface area (Å²) in [4.78, 5) is 15.1. The first-order chi connectivity index (χ1) is 18.8. The summed E-state index contributed by atoms with van der Waals surface area (Å²) in [5, 5.41) is 23.4. The number of aryl methyl sites for hydroxylation is 2. The summed E-state index contributed by atoms with van der Waals surface area (Å²) in [6.45, 7) is 6.94. The third-order valence-corrected chi connectivity index (χ3v) is 8.07. The zero-order valence-corrected chi connectivity index (χ0v) is 24.6. The lowest BCUT2D eigenvalue weighted by molar-refractivity contribution is -0.113. The molecule has 11 heteroatoms. The van der Waals surface area contributed by atoms with Crippen molar-refractivity contribution in [3.63, 3.8) is 0 Å². The molecule has 0 unspecified atom stereocenters. The molecule has 1 amide bonds. The Kier molecular flexibility index (Phi) is 8.46. The molecule has 8 nitrogen and oxygen atoms in total. The molecule has 1 aliphatic rings. The highest BCUT2D eigenvalue weighted by Gasteiger charge is 2.21. The molecule has 0 spiro atoms. The maximum atomic E-state index is 12.9. The van der Waals surface area contributed by atoms with Gasteiger partial charge in [0.2, 0.25) is 5.91 Å². The molecule has 39 heavy (non-hydrogen) atoms. The molecule has 202 valence electrons. The van der Waals surface area contributed by atoms with Crippen LogP contribution in [0, 0.1) is 13.8 Å². The number of anilines is 2. The molecule has 1 aromatic heterocycles. The van der Waals surface area contributed by atoms with Crippen molar-refractivity contribution in [3.8, 4) is 22.8 Å². The van der Waals surface area contributed by atoms with Crippen molar-refractivity contribution in [1.82, 2.24) is 14.8 Å². The van der Waals surface area contributed by atoms with Crippen LogP contribution in [0.3, 0.4) is 0 Å². The van der Waals surface area contributed by atoms with Gasteiger partial charge in [0.1, 0.15) is 5.75 Å². The van der Waals surface area contributed by atoms with Crippen molar-refractivity contribution in [3.05, 3.63) is 75.2 Å². The Morgan fingerprint density at radius 3 is 2.59 bits per heavy atom. The number of nitrogens with zero attached hydrogens (tertiary/aromatic N) is 4. The first-order valence-electron chi connectivity index (χ1n) is 12.4. The number of thioether (sulfide) groups is 1. The number of amides is 1. The third kappa shape index (κ3) is 6.24.